The summed E-state index contributed by atoms with van der Waals surface area (Å²) >= 11 is 1.73. The van der Waals surface area contributed by atoms with Crippen LogP contribution in [0.2, 0.25) is 0 Å². The van der Waals surface area contributed by atoms with E-state index < -0.39 is 0 Å². The van der Waals surface area contributed by atoms with Gasteiger partial charge in [-0.05, 0) is 37.3 Å². The van der Waals surface area contributed by atoms with Gasteiger partial charge in [0.25, 0.3) is 0 Å². The van der Waals surface area contributed by atoms with E-state index in [1.165, 1.54) is 24.1 Å². The summed E-state index contributed by atoms with van der Waals surface area (Å²) < 4.78 is 0. The van der Waals surface area contributed by atoms with Crippen molar-refractivity contribution in [3.05, 3.63) is 22.4 Å². The van der Waals surface area contributed by atoms with Gasteiger partial charge in [0.05, 0.1) is 5.41 Å². The average Bonchev–Trinajstić information content (AvgIpc) is 3.02. The highest BCUT2D eigenvalue weighted by Crippen LogP contribution is 2.41. The summed E-state index contributed by atoms with van der Waals surface area (Å²) in [6, 6.07) is 4.19. The Labute approximate surface area is 138 Å². The zero-order chi connectivity index (χ0) is 14.3. The van der Waals surface area contributed by atoms with Crippen LogP contribution in [0.25, 0.3) is 0 Å². The van der Waals surface area contributed by atoms with Crippen LogP contribution in [0.5, 0.6) is 0 Å². The molecule has 0 aromatic carbocycles. The van der Waals surface area contributed by atoms with Crippen molar-refractivity contribution in [3.63, 3.8) is 0 Å². The molecule has 1 aromatic rings. The second-order valence-electron chi connectivity index (χ2n) is 5.63. The van der Waals surface area contributed by atoms with E-state index in [4.69, 9.17) is 0 Å². The molecule has 0 unspecified atom stereocenters. The molecule has 1 aromatic heterocycles. The van der Waals surface area contributed by atoms with Gasteiger partial charge < -0.3 is 10.6 Å². The average molecular weight is 331 g/mol. The minimum atomic E-state index is -0.253. The Bertz CT molecular complexity index is 402. The Kier molecular flexibility index (Phi) is 8.30. The van der Waals surface area contributed by atoms with Gasteiger partial charge >= 0.3 is 0 Å². The fourth-order valence-electron chi connectivity index (χ4n) is 3.03. The topological polar surface area (TPSA) is 41.1 Å². The van der Waals surface area contributed by atoms with Crippen molar-refractivity contribution in [1.82, 2.24) is 10.6 Å². The first-order valence-corrected chi connectivity index (χ1v) is 8.70. The van der Waals surface area contributed by atoms with Crippen molar-refractivity contribution >= 4 is 29.7 Å². The Hall–Kier alpha value is -0.580. The number of carbonyl (C=O) groups is 1. The van der Waals surface area contributed by atoms with E-state index in [0.29, 0.717) is 0 Å². The fourth-order valence-corrected chi connectivity index (χ4v) is 4.01. The van der Waals surface area contributed by atoms with E-state index in [-0.39, 0.29) is 23.7 Å². The number of nitrogens with one attached hydrogen (secondary N) is 2. The van der Waals surface area contributed by atoms with Gasteiger partial charge in [-0.3, -0.25) is 4.79 Å². The maximum atomic E-state index is 12.7. The molecule has 1 aliphatic carbocycles. The predicted molar refractivity (Wildman–Crippen MR) is 92.5 cm³/mol. The number of amides is 1. The van der Waals surface area contributed by atoms with Gasteiger partial charge in [0.2, 0.25) is 5.91 Å². The molecule has 1 aliphatic rings. The molecular weight excluding hydrogens is 304 g/mol. The molecule has 5 heteroatoms. The third-order valence-corrected chi connectivity index (χ3v) is 5.22. The van der Waals surface area contributed by atoms with Crippen molar-refractivity contribution in [2.45, 2.75) is 50.9 Å². The van der Waals surface area contributed by atoms with Gasteiger partial charge in [-0.2, -0.15) is 0 Å². The van der Waals surface area contributed by atoms with Crippen LogP contribution in [-0.4, -0.2) is 25.5 Å². The van der Waals surface area contributed by atoms with Crippen LogP contribution in [0, 0.1) is 0 Å². The monoisotopic (exact) mass is 330 g/mol. The number of hydrogen-bond acceptors (Lipinski definition) is 3. The van der Waals surface area contributed by atoms with Crippen molar-refractivity contribution < 1.29 is 4.79 Å². The van der Waals surface area contributed by atoms with Crippen molar-refractivity contribution in [2.24, 2.45) is 0 Å². The molecule has 21 heavy (non-hydrogen) atoms. The SMILES string of the molecule is CCCNCCNC(=O)C1(c2cccs2)CCCCC1.Cl. The van der Waals surface area contributed by atoms with E-state index in [9.17, 15) is 4.79 Å². The quantitative estimate of drug-likeness (QED) is 0.751. The summed E-state index contributed by atoms with van der Waals surface area (Å²) in [6.07, 6.45) is 6.73. The van der Waals surface area contributed by atoms with E-state index in [0.717, 1.165) is 38.9 Å². The highest BCUT2D eigenvalue weighted by atomic mass is 35.5. The van der Waals surface area contributed by atoms with Crippen LogP contribution >= 0.6 is 23.7 Å². The second-order valence-corrected chi connectivity index (χ2v) is 6.57. The van der Waals surface area contributed by atoms with Crippen LogP contribution < -0.4 is 10.6 Å². The number of halogens is 1. The highest BCUT2D eigenvalue weighted by molar-refractivity contribution is 7.10. The summed E-state index contributed by atoms with van der Waals surface area (Å²) in [5, 5.41) is 8.56. The van der Waals surface area contributed by atoms with E-state index in [2.05, 4.69) is 35.1 Å². The minimum absolute atomic E-state index is 0. The molecule has 1 fully saturated rings. The maximum absolute atomic E-state index is 12.7. The predicted octanol–water partition coefficient (Wildman–Crippen LogP) is 3.49. The molecule has 0 radical (unpaired) electrons. The summed E-state index contributed by atoms with van der Waals surface area (Å²) in [7, 11) is 0. The molecule has 120 valence electrons. The lowest BCUT2D eigenvalue weighted by Crippen LogP contribution is -2.47. The molecule has 1 heterocycles. The summed E-state index contributed by atoms with van der Waals surface area (Å²) in [5.41, 5.74) is -0.253. The largest absolute Gasteiger partial charge is 0.354 e. The third kappa shape index (κ3) is 4.70. The zero-order valence-electron chi connectivity index (χ0n) is 12.8. The standard InChI is InChI=1S/C16H26N2OS.ClH/c1-2-10-17-11-12-18-15(19)16(8-4-3-5-9-16)14-7-6-13-20-14;/h6-7,13,17H,2-5,8-12H2,1H3,(H,18,19);1H. The molecule has 2 rings (SSSR count). The molecule has 0 saturated heterocycles. The fraction of sp³-hybridized carbons (Fsp3) is 0.688. The normalized spacial score (nSPS) is 17.0. The lowest BCUT2D eigenvalue weighted by Gasteiger charge is -2.35. The van der Waals surface area contributed by atoms with Crippen LogP contribution in [0.1, 0.15) is 50.3 Å². The Balaban J connectivity index is 0.00000220. The molecular formula is C16H27ClN2OS. The molecule has 3 nitrogen and oxygen atoms in total. The Morgan fingerprint density at radius 1 is 1.24 bits per heavy atom. The first kappa shape index (κ1) is 18.5. The van der Waals surface area contributed by atoms with Gasteiger partial charge in [0, 0.05) is 18.0 Å². The maximum Gasteiger partial charge on any atom is 0.231 e. The van der Waals surface area contributed by atoms with Gasteiger partial charge in [-0.15, -0.1) is 23.7 Å². The molecule has 2 N–H and O–H groups in total. The van der Waals surface area contributed by atoms with E-state index >= 15 is 0 Å². The van der Waals surface area contributed by atoms with E-state index in [1.54, 1.807) is 11.3 Å². The van der Waals surface area contributed by atoms with Crippen LogP contribution in [-0.2, 0) is 10.2 Å². The summed E-state index contributed by atoms with van der Waals surface area (Å²) in [6.45, 7) is 4.76. The molecule has 0 aliphatic heterocycles. The second kappa shape index (κ2) is 9.44. The molecule has 1 amide bonds. The van der Waals surface area contributed by atoms with Crippen molar-refractivity contribution in [1.29, 1.82) is 0 Å². The Morgan fingerprint density at radius 2 is 2.00 bits per heavy atom. The number of thiophene rings is 1. The third-order valence-electron chi connectivity index (χ3n) is 4.15. The lowest BCUT2D eigenvalue weighted by atomic mass is 9.72. The number of rotatable bonds is 7. The van der Waals surface area contributed by atoms with Crippen LogP contribution in [0.3, 0.4) is 0 Å². The number of carbonyl (C=O) groups excluding carboxylic acids is 1. The first-order valence-electron chi connectivity index (χ1n) is 7.82. The molecule has 0 spiro atoms. The lowest BCUT2D eigenvalue weighted by molar-refractivity contribution is -0.127. The molecule has 0 bridgehead atoms. The molecule has 1 saturated carbocycles. The highest BCUT2D eigenvalue weighted by Gasteiger charge is 2.41. The van der Waals surface area contributed by atoms with Gasteiger partial charge in [-0.25, -0.2) is 0 Å². The minimum Gasteiger partial charge on any atom is -0.354 e. The Morgan fingerprint density at radius 3 is 2.62 bits per heavy atom. The summed E-state index contributed by atoms with van der Waals surface area (Å²) in [4.78, 5) is 14.0. The zero-order valence-corrected chi connectivity index (χ0v) is 14.5. The van der Waals surface area contributed by atoms with Gasteiger partial charge in [0.1, 0.15) is 0 Å². The van der Waals surface area contributed by atoms with Crippen LogP contribution in [0.15, 0.2) is 17.5 Å². The number of hydrogen-bond donors (Lipinski definition) is 2. The summed E-state index contributed by atoms with van der Waals surface area (Å²) in [5.74, 6) is 0.234. The van der Waals surface area contributed by atoms with Crippen molar-refractivity contribution in [2.75, 3.05) is 19.6 Å². The van der Waals surface area contributed by atoms with Gasteiger partial charge in [0.15, 0.2) is 0 Å². The van der Waals surface area contributed by atoms with Crippen LogP contribution in [0.4, 0.5) is 0 Å². The smallest absolute Gasteiger partial charge is 0.231 e. The van der Waals surface area contributed by atoms with Gasteiger partial charge in [-0.1, -0.05) is 32.3 Å². The molecule has 0 atom stereocenters. The first-order chi connectivity index (χ1) is 9.79. The van der Waals surface area contributed by atoms with E-state index in [1.807, 2.05) is 0 Å². The van der Waals surface area contributed by atoms with Crippen molar-refractivity contribution in [3.8, 4) is 0 Å².